The molecule has 2 aromatic carbocycles. The topological polar surface area (TPSA) is 56.4 Å². The number of nitrogens with zero attached hydrogens (tertiary/aromatic N) is 2. The molecule has 0 atom stereocenters. The maximum absolute atomic E-state index is 12.6. The van der Waals surface area contributed by atoms with Crippen molar-refractivity contribution >= 4 is 11.6 Å². The van der Waals surface area contributed by atoms with Gasteiger partial charge in [0.2, 0.25) is 6.79 Å². The molecule has 0 saturated carbocycles. The zero-order valence-corrected chi connectivity index (χ0v) is 14.9. The van der Waals surface area contributed by atoms with Crippen molar-refractivity contribution in [3.8, 4) is 22.8 Å². The zero-order chi connectivity index (χ0) is 18.2. The third-order valence-corrected chi connectivity index (χ3v) is 5.03. The number of carbonyl (C=O) groups excluding carboxylic acids is 1. The molecule has 0 bridgehead atoms. The fourth-order valence-corrected chi connectivity index (χ4v) is 3.81. The van der Waals surface area contributed by atoms with Crippen LogP contribution in [0.2, 0.25) is 0 Å². The number of nitrogens with one attached hydrogen (secondary N) is 1. The highest BCUT2D eigenvalue weighted by Crippen LogP contribution is 2.34. The Morgan fingerprint density at radius 3 is 2.85 bits per heavy atom. The van der Waals surface area contributed by atoms with Gasteiger partial charge in [0.15, 0.2) is 23.7 Å². The predicted octanol–water partition coefficient (Wildman–Crippen LogP) is 2.76. The number of fused-ring (bicyclic) bond motifs is 2. The van der Waals surface area contributed by atoms with Crippen LogP contribution >= 0.6 is 0 Å². The van der Waals surface area contributed by atoms with E-state index in [-0.39, 0.29) is 19.2 Å². The highest BCUT2D eigenvalue weighted by Gasteiger charge is 2.29. The fourth-order valence-electron chi connectivity index (χ4n) is 3.81. The predicted molar refractivity (Wildman–Crippen MR) is 99.6 cm³/mol. The van der Waals surface area contributed by atoms with E-state index in [0.29, 0.717) is 17.2 Å². The van der Waals surface area contributed by atoms with E-state index < -0.39 is 0 Å². The lowest BCUT2D eigenvalue weighted by molar-refractivity contribution is -0.690. The normalized spacial score (nSPS) is 14.2. The van der Waals surface area contributed by atoms with Crippen molar-refractivity contribution in [2.45, 2.75) is 25.9 Å². The van der Waals surface area contributed by atoms with Gasteiger partial charge in [-0.25, -0.2) is 9.13 Å². The van der Waals surface area contributed by atoms with Crippen LogP contribution in [0.5, 0.6) is 11.5 Å². The summed E-state index contributed by atoms with van der Waals surface area (Å²) in [5.74, 6) is 2.52. The molecule has 5 rings (SSSR count). The van der Waals surface area contributed by atoms with E-state index in [9.17, 15) is 4.79 Å². The van der Waals surface area contributed by atoms with E-state index in [1.54, 1.807) is 6.07 Å². The Labute approximate surface area is 157 Å². The Morgan fingerprint density at radius 2 is 1.96 bits per heavy atom. The number of aromatic nitrogens is 2. The lowest BCUT2D eigenvalue weighted by atomic mass is 10.2. The number of hydrogen-bond donors (Lipinski definition) is 1. The molecule has 1 aromatic heterocycles. The minimum atomic E-state index is -0.0567. The summed E-state index contributed by atoms with van der Waals surface area (Å²) in [5, 5.41) is 2.96. The van der Waals surface area contributed by atoms with Gasteiger partial charge in [-0.2, -0.15) is 0 Å². The molecule has 0 radical (unpaired) electrons. The number of carbonyl (C=O) groups is 1. The number of rotatable bonds is 4. The number of benzene rings is 2. The van der Waals surface area contributed by atoms with Gasteiger partial charge < -0.3 is 14.8 Å². The first-order valence-corrected chi connectivity index (χ1v) is 9.15. The lowest BCUT2D eigenvalue weighted by Gasteiger charge is -2.05. The van der Waals surface area contributed by atoms with Gasteiger partial charge in [0.25, 0.3) is 11.7 Å². The molecule has 0 saturated heterocycles. The maximum atomic E-state index is 12.6. The zero-order valence-electron chi connectivity index (χ0n) is 14.9. The molecular formula is C21H20N3O3+. The highest BCUT2D eigenvalue weighted by molar-refractivity contribution is 5.90. The van der Waals surface area contributed by atoms with Crippen LogP contribution in [0.1, 0.15) is 12.2 Å². The van der Waals surface area contributed by atoms with Crippen molar-refractivity contribution in [2.24, 2.45) is 0 Å². The van der Waals surface area contributed by atoms with Crippen molar-refractivity contribution in [2.75, 3.05) is 12.1 Å². The summed E-state index contributed by atoms with van der Waals surface area (Å²) in [6, 6.07) is 15.8. The largest absolute Gasteiger partial charge is 0.454 e. The standard InChI is InChI=1S/C21H19N3O3/c25-20(22-16-8-9-18-19(11-16)27-14-26-18)13-23-12-17(15-5-2-1-3-6-15)24-10-4-7-21(23)24/h1-3,5-6,8-9,11-12H,4,7,10,13-14H2/p+1. The Morgan fingerprint density at radius 1 is 1.11 bits per heavy atom. The van der Waals surface area contributed by atoms with Crippen LogP contribution in [0, 0.1) is 0 Å². The van der Waals surface area contributed by atoms with Gasteiger partial charge in [-0.3, -0.25) is 4.79 Å². The highest BCUT2D eigenvalue weighted by atomic mass is 16.7. The molecule has 136 valence electrons. The van der Waals surface area contributed by atoms with E-state index >= 15 is 0 Å². The Bertz CT molecular complexity index is 1010. The maximum Gasteiger partial charge on any atom is 0.266 e. The van der Waals surface area contributed by atoms with Crippen LogP contribution in [0.4, 0.5) is 5.69 Å². The minimum Gasteiger partial charge on any atom is -0.454 e. The van der Waals surface area contributed by atoms with E-state index in [4.69, 9.17) is 9.47 Å². The first-order chi connectivity index (χ1) is 13.3. The molecule has 2 aliphatic rings. The lowest BCUT2D eigenvalue weighted by Crippen LogP contribution is -2.42. The van der Waals surface area contributed by atoms with Crippen LogP contribution < -0.4 is 19.4 Å². The molecule has 27 heavy (non-hydrogen) atoms. The number of ether oxygens (including phenoxy) is 2. The number of hydrogen-bond acceptors (Lipinski definition) is 3. The van der Waals surface area contributed by atoms with Crippen LogP contribution in [-0.2, 0) is 24.3 Å². The molecule has 0 aliphatic carbocycles. The SMILES string of the molecule is O=C(C[n+]1cc(-c2ccccc2)n2c1CCC2)Nc1ccc2c(c1)OCO2. The number of imidazole rings is 1. The van der Waals surface area contributed by atoms with Crippen LogP contribution in [-0.4, -0.2) is 17.3 Å². The first-order valence-electron chi connectivity index (χ1n) is 9.15. The monoisotopic (exact) mass is 362 g/mol. The van der Waals surface area contributed by atoms with Crippen molar-refractivity contribution in [3.05, 3.63) is 60.6 Å². The summed E-state index contributed by atoms with van der Waals surface area (Å²) < 4.78 is 15.1. The van der Waals surface area contributed by atoms with Gasteiger partial charge in [-0.15, -0.1) is 0 Å². The van der Waals surface area contributed by atoms with Crippen LogP contribution in [0.25, 0.3) is 11.3 Å². The summed E-state index contributed by atoms with van der Waals surface area (Å²) >= 11 is 0. The van der Waals surface area contributed by atoms with E-state index in [2.05, 4.69) is 32.8 Å². The van der Waals surface area contributed by atoms with E-state index in [1.807, 2.05) is 30.3 Å². The summed E-state index contributed by atoms with van der Waals surface area (Å²) in [6.07, 6.45) is 4.19. The Kier molecular flexibility index (Phi) is 3.81. The number of anilines is 1. The summed E-state index contributed by atoms with van der Waals surface area (Å²) in [7, 11) is 0. The second-order valence-electron chi connectivity index (χ2n) is 6.80. The molecular weight excluding hydrogens is 342 g/mol. The smallest absolute Gasteiger partial charge is 0.266 e. The molecule has 0 unspecified atom stereocenters. The van der Waals surface area contributed by atoms with Crippen molar-refractivity contribution in [1.82, 2.24) is 4.57 Å². The van der Waals surface area contributed by atoms with Gasteiger partial charge in [-0.1, -0.05) is 30.3 Å². The van der Waals surface area contributed by atoms with Gasteiger partial charge in [0.1, 0.15) is 6.20 Å². The Balaban J connectivity index is 1.37. The average molecular weight is 362 g/mol. The van der Waals surface area contributed by atoms with Crippen molar-refractivity contribution < 1.29 is 18.8 Å². The quantitative estimate of drug-likeness (QED) is 0.726. The second kappa shape index (κ2) is 6.46. The third kappa shape index (κ3) is 2.93. The van der Waals surface area contributed by atoms with Crippen LogP contribution in [0.3, 0.4) is 0 Å². The first kappa shape index (κ1) is 15.9. The third-order valence-electron chi connectivity index (χ3n) is 5.03. The summed E-state index contributed by atoms with van der Waals surface area (Å²) in [6.45, 7) is 1.51. The van der Waals surface area contributed by atoms with Gasteiger partial charge >= 0.3 is 0 Å². The van der Waals surface area contributed by atoms with Gasteiger partial charge in [0, 0.05) is 17.3 Å². The van der Waals surface area contributed by atoms with Crippen molar-refractivity contribution in [3.63, 3.8) is 0 Å². The van der Waals surface area contributed by atoms with Crippen molar-refractivity contribution in [1.29, 1.82) is 0 Å². The Hall–Kier alpha value is -3.28. The molecule has 2 aliphatic heterocycles. The molecule has 0 fully saturated rings. The van der Waals surface area contributed by atoms with Crippen LogP contribution in [0.15, 0.2) is 54.7 Å². The molecule has 1 N–H and O–H groups in total. The molecule has 6 heteroatoms. The van der Waals surface area contributed by atoms with Gasteiger partial charge in [-0.05, 0) is 18.6 Å². The average Bonchev–Trinajstić information content (AvgIpc) is 3.39. The molecule has 1 amide bonds. The second-order valence-corrected chi connectivity index (χ2v) is 6.80. The fraction of sp³-hybridized carbons (Fsp3) is 0.238. The summed E-state index contributed by atoms with van der Waals surface area (Å²) in [5.41, 5.74) is 3.05. The van der Waals surface area contributed by atoms with E-state index in [1.165, 1.54) is 17.1 Å². The summed E-state index contributed by atoms with van der Waals surface area (Å²) in [4.78, 5) is 12.6. The molecule has 3 aromatic rings. The molecule has 6 nitrogen and oxygen atoms in total. The number of amides is 1. The molecule has 0 spiro atoms. The van der Waals surface area contributed by atoms with Gasteiger partial charge in [0.05, 0.1) is 13.0 Å². The van der Waals surface area contributed by atoms with E-state index in [0.717, 1.165) is 19.4 Å². The molecule has 3 heterocycles. The minimum absolute atomic E-state index is 0.0567.